The molecule has 1 aromatic heterocycles. The number of aromatic nitrogens is 2. The standard InChI is InChI=1S/C14H22N4O/c1-4-6-17-7-5-8-18(10-13(17)19)14-12(3)15-9-11(2)16-14/h9H,4-8,10H2,1-3H3. The quantitative estimate of drug-likeness (QED) is 0.829. The summed E-state index contributed by atoms with van der Waals surface area (Å²) in [5.41, 5.74) is 1.78. The minimum atomic E-state index is 0.196. The number of aryl methyl sites for hydroxylation is 2. The van der Waals surface area contributed by atoms with Crippen LogP contribution in [0, 0.1) is 13.8 Å². The molecule has 1 aromatic rings. The first-order valence-corrected chi connectivity index (χ1v) is 6.94. The van der Waals surface area contributed by atoms with Gasteiger partial charge in [-0.05, 0) is 26.7 Å². The Hall–Kier alpha value is -1.65. The Morgan fingerprint density at radius 1 is 1.32 bits per heavy atom. The largest absolute Gasteiger partial charge is 0.346 e. The molecule has 5 nitrogen and oxygen atoms in total. The monoisotopic (exact) mass is 262 g/mol. The zero-order valence-electron chi connectivity index (χ0n) is 12.0. The normalized spacial score (nSPS) is 16.7. The summed E-state index contributed by atoms with van der Waals surface area (Å²) in [5, 5.41) is 0. The van der Waals surface area contributed by atoms with Crippen molar-refractivity contribution >= 4 is 11.7 Å². The molecule has 0 radical (unpaired) electrons. The summed E-state index contributed by atoms with van der Waals surface area (Å²) in [7, 11) is 0. The number of carbonyl (C=O) groups is 1. The molecular formula is C14H22N4O. The van der Waals surface area contributed by atoms with E-state index in [1.807, 2.05) is 18.7 Å². The molecule has 1 aliphatic rings. The van der Waals surface area contributed by atoms with E-state index in [1.165, 1.54) is 0 Å². The lowest BCUT2D eigenvalue weighted by Gasteiger charge is -2.23. The topological polar surface area (TPSA) is 49.3 Å². The van der Waals surface area contributed by atoms with Gasteiger partial charge >= 0.3 is 0 Å². The molecule has 2 rings (SSSR count). The van der Waals surface area contributed by atoms with Crippen LogP contribution in [0.1, 0.15) is 31.2 Å². The number of anilines is 1. The molecule has 0 saturated carbocycles. The van der Waals surface area contributed by atoms with Crippen LogP contribution in [0.25, 0.3) is 0 Å². The number of hydrogen-bond acceptors (Lipinski definition) is 4. The number of nitrogens with zero attached hydrogens (tertiary/aromatic N) is 4. The smallest absolute Gasteiger partial charge is 0.242 e. The zero-order valence-corrected chi connectivity index (χ0v) is 12.0. The summed E-state index contributed by atoms with van der Waals surface area (Å²) in [6.45, 7) is 8.96. The summed E-state index contributed by atoms with van der Waals surface area (Å²) >= 11 is 0. The molecule has 0 spiro atoms. The fourth-order valence-electron chi connectivity index (χ4n) is 2.43. The van der Waals surface area contributed by atoms with Crippen molar-refractivity contribution in [3.8, 4) is 0 Å². The second-order valence-electron chi connectivity index (χ2n) is 5.08. The van der Waals surface area contributed by atoms with E-state index in [-0.39, 0.29) is 5.91 Å². The second kappa shape index (κ2) is 5.99. The van der Waals surface area contributed by atoms with Gasteiger partial charge in [0.25, 0.3) is 0 Å². The van der Waals surface area contributed by atoms with Gasteiger partial charge in [0.05, 0.1) is 17.9 Å². The van der Waals surface area contributed by atoms with Crippen molar-refractivity contribution in [2.45, 2.75) is 33.6 Å². The van der Waals surface area contributed by atoms with Crippen LogP contribution in [0.5, 0.6) is 0 Å². The Bertz CT molecular complexity index is 461. The van der Waals surface area contributed by atoms with Crippen molar-refractivity contribution in [3.63, 3.8) is 0 Å². The molecule has 0 unspecified atom stereocenters. The van der Waals surface area contributed by atoms with E-state index in [9.17, 15) is 4.79 Å². The van der Waals surface area contributed by atoms with Crippen molar-refractivity contribution in [2.75, 3.05) is 31.1 Å². The van der Waals surface area contributed by atoms with Gasteiger partial charge in [-0.3, -0.25) is 9.78 Å². The highest BCUT2D eigenvalue weighted by atomic mass is 16.2. The van der Waals surface area contributed by atoms with Crippen LogP contribution < -0.4 is 4.90 Å². The highest BCUT2D eigenvalue weighted by Gasteiger charge is 2.23. The summed E-state index contributed by atoms with van der Waals surface area (Å²) in [6.07, 6.45) is 3.76. The van der Waals surface area contributed by atoms with Gasteiger partial charge in [-0.15, -0.1) is 0 Å². The molecule has 5 heteroatoms. The number of carbonyl (C=O) groups excluding carboxylic acids is 1. The predicted molar refractivity (Wildman–Crippen MR) is 75.2 cm³/mol. The zero-order chi connectivity index (χ0) is 13.8. The van der Waals surface area contributed by atoms with Crippen LogP contribution in [0.4, 0.5) is 5.82 Å². The van der Waals surface area contributed by atoms with Crippen LogP contribution in [-0.4, -0.2) is 47.0 Å². The fraction of sp³-hybridized carbons (Fsp3) is 0.643. The number of hydrogen-bond donors (Lipinski definition) is 0. The minimum Gasteiger partial charge on any atom is -0.346 e. The van der Waals surface area contributed by atoms with E-state index >= 15 is 0 Å². The van der Waals surface area contributed by atoms with E-state index in [2.05, 4.69) is 21.8 Å². The van der Waals surface area contributed by atoms with Crippen LogP contribution in [0.2, 0.25) is 0 Å². The van der Waals surface area contributed by atoms with Crippen molar-refractivity contribution in [1.29, 1.82) is 0 Å². The SMILES string of the molecule is CCCN1CCCN(c2nc(C)cnc2C)CC1=O. The first-order chi connectivity index (χ1) is 9.11. The summed E-state index contributed by atoms with van der Waals surface area (Å²) in [4.78, 5) is 25.1. The van der Waals surface area contributed by atoms with Gasteiger partial charge in [0.15, 0.2) is 5.82 Å². The van der Waals surface area contributed by atoms with Gasteiger partial charge in [0.1, 0.15) is 0 Å². The van der Waals surface area contributed by atoms with E-state index in [0.29, 0.717) is 6.54 Å². The van der Waals surface area contributed by atoms with Gasteiger partial charge in [-0.25, -0.2) is 4.98 Å². The van der Waals surface area contributed by atoms with E-state index in [1.54, 1.807) is 6.20 Å². The second-order valence-corrected chi connectivity index (χ2v) is 5.08. The highest BCUT2D eigenvalue weighted by Crippen LogP contribution is 2.18. The minimum absolute atomic E-state index is 0.196. The average Bonchev–Trinajstić information content (AvgIpc) is 2.56. The van der Waals surface area contributed by atoms with E-state index in [0.717, 1.165) is 49.7 Å². The van der Waals surface area contributed by atoms with Gasteiger partial charge < -0.3 is 9.80 Å². The summed E-state index contributed by atoms with van der Waals surface area (Å²) in [6, 6.07) is 0. The van der Waals surface area contributed by atoms with E-state index < -0.39 is 0 Å². The Labute approximate surface area is 114 Å². The molecule has 0 bridgehead atoms. The van der Waals surface area contributed by atoms with Gasteiger partial charge in [0, 0.05) is 25.8 Å². The third kappa shape index (κ3) is 3.22. The van der Waals surface area contributed by atoms with Gasteiger partial charge in [-0.2, -0.15) is 0 Å². The van der Waals surface area contributed by atoms with Crippen molar-refractivity contribution in [3.05, 3.63) is 17.6 Å². The molecule has 0 N–H and O–H groups in total. The highest BCUT2D eigenvalue weighted by molar-refractivity contribution is 5.81. The average molecular weight is 262 g/mol. The van der Waals surface area contributed by atoms with E-state index in [4.69, 9.17) is 0 Å². The molecule has 0 aromatic carbocycles. The van der Waals surface area contributed by atoms with Gasteiger partial charge in [0.2, 0.25) is 5.91 Å². The Morgan fingerprint density at radius 3 is 2.84 bits per heavy atom. The Balaban J connectivity index is 2.17. The maximum absolute atomic E-state index is 12.2. The number of amides is 1. The predicted octanol–water partition coefficient (Wildman–Crippen LogP) is 1.54. The maximum Gasteiger partial charge on any atom is 0.242 e. The summed E-state index contributed by atoms with van der Waals surface area (Å²) in [5.74, 6) is 1.05. The molecule has 1 amide bonds. The van der Waals surface area contributed by atoms with Crippen LogP contribution >= 0.6 is 0 Å². The van der Waals surface area contributed by atoms with Gasteiger partial charge in [-0.1, -0.05) is 6.92 Å². The summed E-state index contributed by atoms with van der Waals surface area (Å²) < 4.78 is 0. The maximum atomic E-state index is 12.2. The van der Waals surface area contributed by atoms with Crippen molar-refractivity contribution in [2.24, 2.45) is 0 Å². The first-order valence-electron chi connectivity index (χ1n) is 6.94. The van der Waals surface area contributed by atoms with Crippen LogP contribution in [-0.2, 0) is 4.79 Å². The Kier molecular flexibility index (Phi) is 4.35. The van der Waals surface area contributed by atoms with Crippen LogP contribution in [0.15, 0.2) is 6.20 Å². The number of rotatable bonds is 3. The molecule has 104 valence electrons. The molecule has 0 atom stereocenters. The molecule has 1 aliphatic heterocycles. The van der Waals surface area contributed by atoms with Crippen molar-refractivity contribution < 1.29 is 4.79 Å². The molecule has 1 saturated heterocycles. The first kappa shape index (κ1) is 13.8. The molecule has 19 heavy (non-hydrogen) atoms. The molecule has 2 heterocycles. The molecule has 1 fully saturated rings. The third-order valence-electron chi connectivity index (χ3n) is 3.38. The fourth-order valence-corrected chi connectivity index (χ4v) is 2.43. The third-order valence-corrected chi connectivity index (χ3v) is 3.38. The lowest BCUT2D eigenvalue weighted by atomic mass is 10.3. The lowest BCUT2D eigenvalue weighted by Crippen LogP contribution is -2.37. The molecule has 0 aliphatic carbocycles. The Morgan fingerprint density at radius 2 is 2.11 bits per heavy atom. The van der Waals surface area contributed by atoms with Crippen LogP contribution in [0.3, 0.4) is 0 Å². The van der Waals surface area contributed by atoms with Crippen molar-refractivity contribution in [1.82, 2.24) is 14.9 Å². The molecular weight excluding hydrogens is 240 g/mol. The lowest BCUT2D eigenvalue weighted by molar-refractivity contribution is -0.129.